The Morgan fingerprint density at radius 1 is 1.12 bits per heavy atom. The lowest BCUT2D eigenvalue weighted by atomic mass is 10.2. The largest absolute Gasteiger partial charge is 0.508 e. The first-order valence-electron chi connectivity index (χ1n) is 8.66. The second-order valence-electron chi connectivity index (χ2n) is 6.53. The average molecular weight is 349 g/mol. The predicted octanol–water partition coefficient (Wildman–Crippen LogP) is 3.22. The van der Waals surface area contributed by atoms with E-state index < -0.39 is 0 Å². The molecule has 0 aliphatic heterocycles. The molecule has 26 heavy (non-hydrogen) atoms. The second-order valence-corrected chi connectivity index (χ2v) is 6.53. The minimum atomic E-state index is -0.0232. The van der Waals surface area contributed by atoms with Crippen LogP contribution >= 0.6 is 0 Å². The summed E-state index contributed by atoms with van der Waals surface area (Å²) in [5.74, 6) is 0.831. The summed E-state index contributed by atoms with van der Waals surface area (Å²) >= 11 is 0. The lowest BCUT2D eigenvalue weighted by molar-refractivity contribution is 0.384. The molecule has 0 atom stereocenters. The number of phenols is 1. The Labute approximate surface area is 152 Å². The third-order valence-electron chi connectivity index (χ3n) is 4.17. The Hall–Kier alpha value is -2.92. The molecule has 0 aliphatic rings. The summed E-state index contributed by atoms with van der Waals surface area (Å²) < 4.78 is 1.73. The number of aromatic nitrogens is 2. The molecule has 1 N–H and O–H groups in total. The van der Waals surface area contributed by atoms with Crippen LogP contribution in [0.3, 0.4) is 0 Å². The Morgan fingerprint density at radius 3 is 2.69 bits per heavy atom. The van der Waals surface area contributed by atoms with Crippen molar-refractivity contribution in [1.29, 1.82) is 0 Å². The van der Waals surface area contributed by atoms with E-state index in [0.29, 0.717) is 23.3 Å². The number of hydrogen-bond donors (Lipinski definition) is 1. The van der Waals surface area contributed by atoms with E-state index in [9.17, 15) is 9.90 Å². The van der Waals surface area contributed by atoms with Crippen LogP contribution in [0.1, 0.15) is 17.8 Å². The van der Waals surface area contributed by atoms with Gasteiger partial charge in [-0.1, -0.05) is 30.3 Å². The number of hydrogen-bond acceptors (Lipinski definition) is 4. The van der Waals surface area contributed by atoms with Crippen LogP contribution in [-0.2, 0) is 6.54 Å². The quantitative estimate of drug-likeness (QED) is 0.742. The van der Waals surface area contributed by atoms with Crippen LogP contribution in [0.25, 0.3) is 23.1 Å². The van der Waals surface area contributed by atoms with Gasteiger partial charge in [-0.2, -0.15) is 0 Å². The van der Waals surface area contributed by atoms with Crippen LogP contribution in [0.5, 0.6) is 5.75 Å². The van der Waals surface area contributed by atoms with Crippen molar-refractivity contribution in [3.05, 3.63) is 70.3 Å². The number of fused-ring (bicyclic) bond motifs is 1. The average Bonchev–Trinajstić information content (AvgIpc) is 2.62. The van der Waals surface area contributed by atoms with Crippen LogP contribution in [0.4, 0.5) is 0 Å². The summed E-state index contributed by atoms with van der Waals surface area (Å²) in [6, 6.07) is 14.4. The summed E-state index contributed by atoms with van der Waals surface area (Å²) in [6.07, 6.45) is 4.55. The van der Waals surface area contributed by atoms with E-state index in [2.05, 4.69) is 9.88 Å². The van der Waals surface area contributed by atoms with Crippen LogP contribution in [0.15, 0.2) is 53.3 Å². The highest BCUT2D eigenvalue weighted by molar-refractivity contribution is 5.79. The number of nitrogens with zero attached hydrogens (tertiary/aromatic N) is 3. The molecule has 0 aliphatic carbocycles. The molecule has 0 amide bonds. The molecule has 3 aromatic rings. The van der Waals surface area contributed by atoms with Crippen molar-refractivity contribution >= 4 is 23.1 Å². The molecule has 0 saturated carbocycles. The van der Waals surface area contributed by atoms with Crippen molar-refractivity contribution in [3.8, 4) is 5.75 Å². The third-order valence-corrected chi connectivity index (χ3v) is 4.17. The maximum absolute atomic E-state index is 12.9. The summed E-state index contributed by atoms with van der Waals surface area (Å²) in [4.78, 5) is 19.7. The zero-order valence-corrected chi connectivity index (χ0v) is 15.1. The number of aromatic hydroxyl groups is 1. The molecular formula is C21H23N3O2. The van der Waals surface area contributed by atoms with Crippen LogP contribution in [0.2, 0.25) is 0 Å². The molecule has 5 nitrogen and oxygen atoms in total. The van der Waals surface area contributed by atoms with Crippen molar-refractivity contribution in [2.24, 2.45) is 0 Å². The van der Waals surface area contributed by atoms with E-state index >= 15 is 0 Å². The minimum absolute atomic E-state index is 0.0232. The zero-order chi connectivity index (χ0) is 18.5. The van der Waals surface area contributed by atoms with Crippen molar-refractivity contribution in [2.45, 2.75) is 13.0 Å². The molecule has 134 valence electrons. The molecule has 1 heterocycles. The fourth-order valence-corrected chi connectivity index (χ4v) is 2.87. The lowest BCUT2D eigenvalue weighted by Gasteiger charge is -2.13. The van der Waals surface area contributed by atoms with Gasteiger partial charge in [0, 0.05) is 6.54 Å². The standard InChI is InChI=1S/C21H23N3O2/c1-23(2)13-6-14-24-20(12-11-16-7-5-8-17(25)15-16)22-19-10-4-3-9-18(19)21(24)26/h3-5,7-12,15,25H,6,13-14H2,1-2H3/b12-11+. The molecule has 0 saturated heterocycles. The van der Waals surface area contributed by atoms with E-state index in [1.54, 1.807) is 22.8 Å². The maximum Gasteiger partial charge on any atom is 0.261 e. The highest BCUT2D eigenvalue weighted by Crippen LogP contribution is 2.15. The molecular weight excluding hydrogens is 326 g/mol. The van der Waals surface area contributed by atoms with Gasteiger partial charge in [-0.05, 0) is 63.0 Å². The molecule has 2 aromatic carbocycles. The van der Waals surface area contributed by atoms with Crippen molar-refractivity contribution in [2.75, 3.05) is 20.6 Å². The second kappa shape index (κ2) is 7.97. The Balaban J connectivity index is 2.02. The summed E-state index contributed by atoms with van der Waals surface area (Å²) in [6.45, 7) is 1.50. The lowest BCUT2D eigenvalue weighted by Crippen LogP contribution is -2.26. The normalized spacial score (nSPS) is 11.7. The van der Waals surface area contributed by atoms with Crippen molar-refractivity contribution in [3.63, 3.8) is 0 Å². The van der Waals surface area contributed by atoms with Crippen molar-refractivity contribution < 1.29 is 5.11 Å². The first-order valence-corrected chi connectivity index (χ1v) is 8.66. The van der Waals surface area contributed by atoms with Crippen LogP contribution < -0.4 is 5.56 Å². The van der Waals surface area contributed by atoms with E-state index in [-0.39, 0.29) is 11.3 Å². The predicted molar refractivity (Wildman–Crippen MR) is 106 cm³/mol. The van der Waals surface area contributed by atoms with Gasteiger partial charge in [0.05, 0.1) is 10.9 Å². The van der Waals surface area contributed by atoms with Gasteiger partial charge in [0.2, 0.25) is 0 Å². The van der Waals surface area contributed by atoms with Gasteiger partial charge in [0.25, 0.3) is 5.56 Å². The summed E-state index contributed by atoms with van der Waals surface area (Å²) in [5.41, 5.74) is 1.52. The van der Waals surface area contributed by atoms with Gasteiger partial charge in [0.15, 0.2) is 0 Å². The van der Waals surface area contributed by atoms with E-state index in [0.717, 1.165) is 18.5 Å². The molecule has 0 spiro atoms. The first kappa shape index (κ1) is 17.9. The van der Waals surface area contributed by atoms with Crippen LogP contribution in [-0.4, -0.2) is 40.2 Å². The van der Waals surface area contributed by atoms with Gasteiger partial charge in [-0.15, -0.1) is 0 Å². The smallest absolute Gasteiger partial charge is 0.261 e. The Kier molecular flexibility index (Phi) is 5.49. The zero-order valence-electron chi connectivity index (χ0n) is 15.1. The molecule has 0 radical (unpaired) electrons. The van der Waals surface area contributed by atoms with Gasteiger partial charge >= 0.3 is 0 Å². The van der Waals surface area contributed by atoms with Gasteiger partial charge in [-0.25, -0.2) is 4.98 Å². The first-order chi connectivity index (χ1) is 12.5. The Morgan fingerprint density at radius 2 is 1.92 bits per heavy atom. The van der Waals surface area contributed by atoms with E-state index in [1.165, 1.54) is 0 Å². The third kappa shape index (κ3) is 4.18. The molecule has 0 bridgehead atoms. The summed E-state index contributed by atoms with van der Waals surface area (Å²) in [5, 5.41) is 10.2. The number of phenolic OH excluding ortho intramolecular Hbond substituents is 1. The highest BCUT2D eigenvalue weighted by atomic mass is 16.3. The molecule has 3 rings (SSSR count). The van der Waals surface area contributed by atoms with Gasteiger partial charge in [0.1, 0.15) is 11.6 Å². The topological polar surface area (TPSA) is 58.4 Å². The molecule has 0 unspecified atom stereocenters. The Bertz CT molecular complexity index is 990. The molecule has 1 aromatic heterocycles. The van der Waals surface area contributed by atoms with Crippen LogP contribution in [0, 0.1) is 0 Å². The van der Waals surface area contributed by atoms with E-state index in [4.69, 9.17) is 0 Å². The highest BCUT2D eigenvalue weighted by Gasteiger charge is 2.09. The SMILES string of the molecule is CN(C)CCCn1c(/C=C/c2cccc(O)c2)nc2ccccc2c1=O. The molecule has 5 heteroatoms. The number of para-hydroxylation sites is 1. The number of rotatable bonds is 6. The maximum atomic E-state index is 12.9. The van der Waals surface area contributed by atoms with E-state index in [1.807, 2.05) is 56.6 Å². The van der Waals surface area contributed by atoms with Crippen molar-refractivity contribution in [1.82, 2.24) is 14.5 Å². The van der Waals surface area contributed by atoms with Gasteiger partial charge < -0.3 is 10.0 Å². The number of benzene rings is 2. The minimum Gasteiger partial charge on any atom is -0.508 e. The van der Waals surface area contributed by atoms with Gasteiger partial charge in [-0.3, -0.25) is 9.36 Å². The monoisotopic (exact) mass is 349 g/mol. The summed E-state index contributed by atoms with van der Waals surface area (Å²) in [7, 11) is 4.04. The molecule has 0 fully saturated rings. The fourth-order valence-electron chi connectivity index (χ4n) is 2.87. The fraction of sp³-hybridized carbons (Fsp3) is 0.238.